The lowest BCUT2D eigenvalue weighted by Crippen LogP contribution is -2.58. The first-order chi connectivity index (χ1) is 33.6. The summed E-state index contributed by atoms with van der Waals surface area (Å²) in [4.78, 5) is 30.8. The summed E-state index contributed by atoms with van der Waals surface area (Å²) in [7, 11) is 0.950. The maximum absolute atomic E-state index is 14.0. The van der Waals surface area contributed by atoms with Gasteiger partial charge in [-0.15, -0.1) is 0 Å². The van der Waals surface area contributed by atoms with Crippen molar-refractivity contribution in [3.05, 3.63) is 179 Å². The molecule has 1 N–H and O–H groups in total. The fourth-order valence-corrected chi connectivity index (χ4v) is 16.0. The molecule has 0 bridgehead atoms. The number of benzene rings is 5. The van der Waals surface area contributed by atoms with Crippen LogP contribution in [0.15, 0.2) is 157 Å². The minimum atomic E-state index is -2.31. The zero-order chi connectivity index (χ0) is 48.1. The van der Waals surface area contributed by atoms with Gasteiger partial charge in [0.2, 0.25) is 5.91 Å². The Morgan fingerprint density at radius 2 is 1.35 bits per heavy atom. The number of rotatable bonds is 18. The molecule has 7 atom stereocenters. The second-order valence-electron chi connectivity index (χ2n) is 18.3. The summed E-state index contributed by atoms with van der Waals surface area (Å²) in [6.45, 7) is 6.83. The van der Waals surface area contributed by atoms with Crippen LogP contribution >= 0.6 is 8.53 Å². The van der Waals surface area contributed by atoms with Crippen LogP contribution in [0.5, 0.6) is 11.5 Å². The number of carbonyl (C=O) groups is 1. The van der Waals surface area contributed by atoms with Gasteiger partial charge in [0.25, 0.3) is 8.53 Å². The molecule has 1 amide bonds. The summed E-state index contributed by atoms with van der Waals surface area (Å²) in [5.41, 5.74) is 0.792. The molecule has 360 valence electrons. The highest BCUT2D eigenvalue weighted by Crippen LogP contribution is 2.59. The van der Waals surface area contributed by atoms with Gasteiger partial charge in [-0.05, 0) is 65.9 Å². The van der Waals surface area contributed by atoms with Crippen LogP contribution in [0.4, 0.5) is 5.82 Å². The zero-order valence-electron chi connectivity index (χ0n) is 40.0. The first-order valence-corrected chi connectivity index (χ1v) is 27.5. The second kappa shape index (κ2) is 21.2. The van der Waals surface area contributed by atoms with Gasteiger partial charge in [0.1, 0.15) is 49.3 Å². The Kier molecular flexibility index (Phi) is 14.9. The molecule has 3 fully saturated rings. The van der Waals surface area contributed by atoms with E-state index >= 15 is 0 Å². The van der Waals surface area contributed by atoms with Gasteiger partial charge in [-0.25, -0.2) is 9.46 Å². The van der Waals surface area contributed by atoms with Gasteiger partial charge in [0.05, 0.1) is 26.9 Å². The zero-order valence-corrected chi connectivity index (χ0v) is 41.9. The van der Waals surface area contributed by atoms with E-state index < -0.39 is 52.4 Å². The summed E-state index contributed by atoms with van der Waals surface area (Å²) >= 11 is 0. The number of amides is 1. The van der Waals surface area contributed by atoms with Crippen molar-refractivity contribution < 1.29 is 37.5 Å². The minimum absolute atomic E-state index is 0.00170. The Labute approximate surface area is 406 Å². The van der Waals surface area contributed by atoms with Crippen molar-refractivity contribution in [2.75, 3.05) is 39.8 Å². The molecule has 0 radical (unpaired) electrons. The quantitative estimate of drug-likeness (QED) is 0.0509. The number of aromatic nitrogens is 2. The molecule has 0 unspecified atom stereocenters. The summed E-state index contributed by atoms with van der Waals surface area (Å²) in [5.74, 6) is 1.01. The predicted molar refractivity (Wildman–Crippen MR) is 270 cm³/mol. The fraction of sp³-hybridized carbons (Fsp3) is 0.352. The summed E-state index contributed by atoms with van der Waals surface area (Å²) < 4.78 is 50.3. The summed E-state index contributed by atoms with van der Waals surface area (Å²) in [5, 5.41) is 5.45. The van der Waals surface area contributed by atoms with Crippen LogP contribution in [-0.2, 0) is 33.7 Å². The van der Waals surface area contributed by atoms with Gasteiger partial charge in [0, 0.05) is 31.8 Å². The van der Waals surface area contributed by atoms with Gasteiger partial charge in [-0.2, -0.15) is 4.98 Å². The topological polar surface area (TPSA) is 132 Å². The SMILES string of the molecule is COc1ccc(C(OC[C@H]2O[C@@H](n3ccc(NC(=O)C(C)C)nc3=O)[C@H](OC)[C@@H]2O[P@@]2O[C@@H](C[Si](C)(c3ccccc3)c3ccccc3)[C@H]3CCCN32)(c2ccccc2)c2ccc(OC)cc2)cc1. The van der Waals surface area contributed by atoms with Crippen molar-refractivity contribution in [3.63, 3.8) is 0 Å². The summed E-state index contributed by atoms with van der Waals surface area (Å²) in [6.07, 6.45) is 0.170. The first-order valence-electron chi connectivity index (χ1n) is 23.6. The molecule has 13 nitrogen and oxygen atoms in total. The van der Waals surface area contributed by atoms with E-state index in [4.69, 9.17) is 32.7 Å². The fourth-order valence-electron chi connectivity index (χ4n) is 10.1. The van der Waals surface area contributed by atoms with E-state index in [-0.39, 0.29) is 36.4 Å². The first kappa shape index (κ1) is 48.5. The van der Waals surface area contributed by atoms with E-state index in [0.717, 1.165) is 42.1 Å². The second-order valence-corrected chi connectivity index (χ2v) is 24.0. The molecule has 15 heteroatoms. The van der Waals surface area contributed by atoms with E-state index in [2.05, 4.69) is 94.3 Å². The maximum Gasteiger partial charge on any atom is 0.351 e. The van der Waals surface area contributed by atoms with Crippen LogP contribution < -0.4 is 30.9 Å². The Morgan fingerprint density at radius 1 is 0.783 bits per heavy atom. The number of ether oxygens (including phenoxy) is 5. The number of fused-ring (bicyclic) bond motifs is 1. The highest BCUT2D eigenvalue weighted by atomic mass is 31.2. The Morgan fingerprint density at radius 3 is 1.88 bits per heavy atom. The average Bonchev–Trinajstić information content (AvgIpc) is 4.10. The lowest BCUT2D eigenvalue weighted by molar-refractivity contribution is -0.118. The van der Waals surface area contributed by atoms with Crippen LogP contribution in [0.1, 0.15) is 49.6 Å². The molecule has 1 aromatic heterocycles. The molecule has 9 rings (SSSR count). The van der Waals surface area contributed by atoms with E-state index in [1.807, 2.05) is 66.7 Å². The van der Waals surface area contributed by atoms with Crippen molar-refractivity contribution in [3.8, 4) is 11.5 Å². The maximum atomic E-state index is 14.0. The van der Waals surface area contributed by atoms with Crippen molar-refractivity contribution in [2.45, 2.75) is 81.6 Å². The highest BCUT2D eigenvalue weighted by Gasteiger charge is 2.55. The Balaban J connectivity index is 1.09. The lowest BCUT2D eigenvalue weighted by Gasteiger charge is -2.37. The average molecular weight is 969 g/mol. The molecule has 6 aromatic rings. The van der Waals surface area contributed by atoms with E-state index in [1.165, 1.54) is 14.9 Å². The van der Waals surface area contributed by atoms with Crippen LogP contribution in [0.25, 0.3) is 0 Å². The molecule has 69 heavy (non-hydrogen) atoms. The van der Waals surface area contributed by atoms with Crippen molar-refractivity contribution in [1.82, 2.24) is 14.2 Å². The normalized spacial score (nSPS) is 22.7. The number of hydrogen-bond acceptors (Lipinski definition) is 11. The number of methoxy groups -OCH3 is 3. The van der Waals surface area contributed by atoms with Gasteiger partial charge in [-0.3, -0.25) is 9.36 Å². The molecule has 0 aliphatic carbocycles. The monoisotopic (exact) mass is 968 g/mol. The molecule has 5 aromatic carbocycles. The Bertz CT molecular complexity index is 2610. The van der Waals surface area contributed by atoms with Crippen molar-refractivity contribution in [2.24, 2.45) is 5.92 Å². The molecule has 0 saturated carbocycles. The van der Waals surface area contributed by atoms with E-state index in [9.17, 15) is 9.59 Å². The molecule has 3 saturated heterocycles. The molecular formula is C54H61N4O9PSi. The number of hydrogen-bond donors (Lipinski definition) is 1. The molecule has 0 spiro atoms. The number of nitrogens with one attached hydrogen (secondary N) is 1. The number of carbonyl (C=O) groups excluding carboxylic acids is 1. The number of nitrogens with zero attached hydrogens (tertiary/aromatic N) is 3. The lowest BCUT2D eigenvalue weighted by atomic mass is 9.80. The number of anilines is 1. The third kappa shape index (κ3) is 9.82. The van der Waals surface area contributed by atoms with Crippen molar-refractivity contribution in [1.29, 1.82) is 0 Å². The molecule has 4 heterocycles. The third-order valence-corrected chi connectivity index (χ3v) is 20.1. The van der Waals surface area contributed by atoms with Gasteiger partial charge >= 0.3 is 5.69 Å². The highest BCUT2D eigenvalue weighted by molar-refractivity contribution is 7.45. The standard InChI is InChI=1S/C54H61N4O9PSi/c1-37(2)51(59)55-48-32-34-57(53(60)56-48)52-50(63-5)49(67-68-58-33-16-23-45(58)47(66-68)36-69(6,43-19-12-8-13-20-43)44-21-14-9-15-22-44)46(65-52)35-64-54(38-17-10-7-11-18-38,39-24-28-41(61-3)29-25-39)40-26-30-42(62-4)31-27-40/h7-15,17-22,24-32,34,37,45-47,49-50,52H,16,23,33,35-36H2,1-6H3,(H,55,56,59,60)/t45-,46-,47+,49-,50-,52-,68-/m1/s1. The van der Waals surface area contributed by atoms with Crippen LogP contribution in [0, 0.1) is 5.92 Å². The smallest absolute Gasteiger partial charge is 0.351 e. The minimum Gasteiger partial charge on any atom is -0.497 e. The van der Waals surface area contributed by atoms with Gasteiger partial charge in [-0.1, -0.05) is 146 Å². The largest absolute Gasteiger partial charge is 0.497 e. The van der Waals surface area contributed by atoms with Crippen LogP contribution in [0.2, 0.25) is 12.6 Å². The van der Waals surface area contributed by atoms with E-state index in [0.29, 0.717) is 11.5 Å². The molecule has 3 aliphatic rings. The molecule has 3 aliphatic heterocycles. The van der Waals surface area contributed by atoms with E-state index in [1.54, 1.807) is 47.4 Å². The van der Waals surface area contributed by atoms with Crippen molar-refractivity contribution >= 4 is 38.7 Å². The predicted octanol–water partition coefficient (Wildman–Crippen LogP) is 8.14. The van der Waals surface area contributed by atoms with Crippen LogP contribution in [-0.4, -0.2) is 93.1 Å². The molecular weight excluding hydrogens is 908 g/mol. The van der Waals surface area contributed by atoms with Gasteiger partial charge < -0.3 is 38.0 Å². The van der Waals surface area contributed by atoms with Gasteiger partial charge in [0.15, 0.2) is 6.23 Å². The Hall–Kier alpha value is -5.54. The summed E-state index contributed by atoms with van der Waals surface area (Å²) in [6, 6.07) is 50.2. The third-order valence-electron chi connectivity index (χ3n) is 13.9. The van der Waals surface area contributed by atoms with Crippen LogP contribution in [0.3, 0.4) is 0 Å².